The minimum atomic E-state index is -0.569. The first-order valence-corrected chi connectivity index (χ1v) is 10.1. The zero-order chi connectivity index (χ0) is 20.1. The number of aromatic nitrogens is 2. The predicted octanol–water partition coefficient (Wildman–Crippen LogP) is 5.11. The van der Waals surface area contributed by atoms with Crippen LogP contribution in [0.25, 0.3) is 0 Å². The number of hydrogen-bond donors (Lipinski definition) is 1. The second-order valence-electron chi connectivity index (χ2n) is 6.97. The van der Waals surface area contributed by atoms with Crippen LogP contribution in [-0.4, -0.2) is 14.7 Å². The number of benzene rings is 3. The van der Waals surface area contributed by atoms with Crippen LogP contribution >= 0.6 is 12.6 Å². The monoisotopic (exact) mass is 398 g/mol. The summed E-state index contributed by atoms with van der Waals surface area (Å²) >= 11 is 3.89. The van der Waals surface area contributed by atoms with E-state index in [-0.39, 0.29) is 5.12 Å². The number of nitrogens with zero attached hydrogens (tertiary/aromatic N) is 2. The summed E-state index contributed by atoms with van der Waals surface area (Å²) in [5.74, 6) is 0. The predicted molar refractivity (Wildman–Crippen MR) is 119 cm³/mol. The quantitative estimate of drug-likeness (QED) is 0.347. The molecule has 0 bridgehead atoms. The largest absolute Gasteiger partial charge is 0.319 e. The fourth-order valence-corrected chi connectivity index (χ4v) is 4.01. The van der Waals surface area contributed by atoms with E-state index in [0.29, 0.717) is 12.8 Å². The van der Waals surface area contributed by atoms with Crippen molar-refractivity contribution in [1.82, 2.24) is 9.55 Å². The van der Waals surface area contributed by atoms with Crippen molar-refractivity contribution in [3.63, 3.8) is 0 Å². The molecule has 0 N–H and O–H groups in total. The Hall–Kier alpha value is -3.11. The molecule has 4 rings (SSSR count). The molecule has 3 aromatic carbocycles. The van der Waals surface area contributed by atoms with Crippen molar-refractivity contribution in [2.45, 2.75) is 18.4 Å². The molecule has 0 radical (unpaired) electrons. The van der Waals surface area contributed by atoms with Crippen molar-refractivity contribution in [3.8, 4) is 0 Å². The lowest BCUT2D eigenvalue weighted by Gasteiger charge is -2.37. The molecule has 0 spiro atoms. The van der Waals surface area contributed by atoms with Crippen LogP contribution in [0.4, 0.5) is 0 Å². The van der Waals surface area contributed by atoms with Crippen molar-refractivity contribution in [1.29, 1.82) is 0 Å². The van der Waals surface area contributed by atoms with Crippen LogP contribution < -0.4 is 0 Å². The Morgan fingerprint density at radius 3 is 1.66 bits per heavy atom. The number of aryl methyl sites for hydroxylation is 1. The van der Waals surface area contributed by atoms with Gasteiger partial charge in [-0.1, -0.05) is 91.0 Å². The van der Waals surface area contributed by atoms with Crippen LogP contribution in [0.5, 0.6) is 0 Å². The van der Waals surface area contributed by atoms with Gasteiger partial charge in [-0.15, -0.1) is 12.6 Å². The molecule has 144 valence electrons. The first-order valence-electron chi connectivity index (χ1n) is 9.63. The maximum atomic E-state index is 11.3. The van der Waals surface area contributed by atoms with Gasteiger partial charge >= 0.3 is 0 Å². The Kier molecular flexibility index (Phi) is 5.63. The summed E-state index contributed by atoms with van der Waals surface area (Å²) in [6.07, 6.45) is 4.86. The van der Waals surface area contributed by atoms with Crippen LogP contribution in [0, 0.1) is 0 Å². The van der Waals surface area contributed by atoms with Crippen molar-refractivity contribution in [2.24, 2.45) is 0 Å². The first kappa shape index (κ1) is 19.2. The third-order valence-electron chi connectivity index (χ3n) is 5.19. The summed E-state index contributed by atoms with van der Waals surface area (Å²) < 4.78 is 2.16. The molecule has 0 amide bonds. The summed E-state index contributed by atoms with van der Waals surface area (Å²) in [4.78, 5) is 15.9. The summed E-state index contributed by atoms with van der Waals surface area (Å²) in [5.41, 5.74) is 3.74. The van der Waals surface area contributed by atoms with Gasteiger partial charge in [0.05, 0.1) is 12.0 Å². The van der Waals surface area contributed by atoms with Gasteiger partial charge in [0.2, 0.25) is 0 Å². The van der Waals surface area contributed by atoms with Gasteiger partial charge in [0.1, 0.15) is 5.54 Å². The smallest absolute Gasteiger partial charge is 0.186 e. The number of carbonyl (C=O) groups excluding carboxylic acids is 1. The van der Waals surface area contributed by atoms with E-state index in [0.717, 1.165) is 22.4 Å². The molecule has 0 fully saturated rings. The second-order valence-corrected chi connectivity index (χ2v) is 7.47. The molecule has 0 aliphatic carbocycles. The van der Waals surface area contributed by atoms with Gasteiger partial charge in [0.25, 0.3) is 0 Å². The van der Waals surface area contributed by atoms with Gasteiger partial charge in [0, 0.05) is 12.6 Å². The van der Waals surface area contributed by atoms with Crippen molar-refractivity contribution >= 4 is 17.7 Å². The van der Waals surface area contributed by atoms with E-state index in [1.165, 1.54) is 0 Å². The number of imidazole rings is 1. The molecule has 4 heteroatoms. The zero-order valence-electron chi connectivity index (χ0n) is 16.0. The average Bonchev–Trinajstić information content (AvgIpc) is 3.24. The van der Waals surface area contributed by atoms with E-state index in [9.17, 15) is 4.79 Å². The number of thiol groups is 1. The van der Waals surface area contributed by atoms with Gasteiger partial charge < -0.3 is 4.57 Å². The molecular weight excluding hydrogens is 376 g/mol. The number of hydrogen-bond acceptors (Lipinski definition) is 2. The van der Waals surface area contributed by atoms with E-state index in [4.69, 9.17) is 0 Å². The maximum absolute atomic E-state index is 11.3. The molecule has 0 atom stereocenters. The maximum Gasteiger partial charge on any atom is 0.186 e. The molecular formula is C25H22N2OS. The molecule has 0 saturated carbocycles. The highest BCUT2D eigenvalue weighted by Gasteiger charge is 2.38. The lowest BCUT2D eigenvalue weighted by molar-refractivity contribution is -0.110. The van der Waals surface area contributed by atoms with Crippen molar-refractivity contribution < 1.29 is 4.79 Å². The van der Waals surface area contributed by atoms with Gasteiger partial charge in [-0.2, -0.15) is 0 Å². The van der Waals surface area contributed by atoms with Gasteiger partial charge in [0.15, 0.2) is 5.12 Å². The Labute approximate surface area is 176 Å². The first-order chi connectivity index (χ1) is 14.2. The highest BCUT2D eigenvalue weighted by molar-refractivity contribution is 7.96. The normalized spacial score (nSPS) is 11.3. The lowest BCUT2D eigenvalue weighted by atomic mass is 9.77. The fraction of sp³-hybridized carbons (Fsp3) is 0.120. The molecule has 0 aliphatic rings. The van der Waals surface area contributed by atoms with Crippen LogP contribution in [0.2, 0.25) is 0 Å². The lowest BCUT2D eigenvalue weighted by Crippen LogP contribution is -2.36. The van der Waals surface area contributed by atoms with Gasteiger partial charge in [-0.25, -0.2) is 4.98 Å². The van der Waals surface area contributed by atoms with Crippen LogP contribution in [-0.2, 0) is 16.8 Å². The molecule has 0 unspecified atom stereocenters. The summed E-state index contributed by atoms with van der Waals surface area (Å²) in [5, 5.41) is -0.125. The SMILES string of the molecule is O=C(S)CCc1cn(C(c2ccccc2)(c2ccccc2)c2ccccc2)cn1. The van der Waals surface area contributed by atoms with E-state index >= 15 is 0 Å². The van der Waals surface area contributed by atoms with Crippen LogP contribution in [0.15, 0.2) is 104 Å². The average molecular weight is 399 g/mol. The molecule has 3 nitrogen and oxygen atoms in total. The molecule has 4 aromatic rings. The van der Waals surface area contributed by atoms with Crippen molar-refractivity contribution in [3.05, 3.63) is 126 Å². The fourth-order valence-electron chi connectivity index (χ4n) is 3.90. The van der Waals surface area contributed by atoms with Gasteiger partial charge in [-0.05, 0) is 23.1 Å². The van der Waals surface area contributed by atoms with E-state index < -0.39 is 5.54 Å². The summed E-state index contributed by atoms with van der Waals surface area (Å²) in [6, 6.07) is 31.4. The Morgan fingerprint density at radius 1 is 0.793 bits per heavy atom. The van der Waals surface area contributed by atoms with Crippen LogP contribution in [0.3, 0.4) is 0 Å². The standard InChI is InChI=1S/C25H22N2OS/c28-24(29)17-16-23-18-27(19-26-23)25(20-10-4-1-5-11-20,21-12-6-2-7-13-21)22-14-8-3-9-15-22/h1-15,18-19H,16-17H2,(H,28,29). The molecule has 0 aliphatic heterocycles. The minimum absolute atomic E-state index is 0.125. The molecule has 1 heterocycles. The van der Waals surface area contributed by atoms with Crippen molar-refractivity contribution in [2.75, 3.05) is 0 Å². The van der Waals surface area contributed by atoms with E-state index in [1.807, 2.05) is 30.7 Å². The summed E-state index contributed by atoms with van der Waals surface area (Å²) in [7, 11) is 0. The summed E-state index contributed by atoms with van der Waals surface area (Å²) in [6.45, 7) is 0. The Bertz CT molecular complexity index is 979. The van der Waals surface area contributed by atoms with E-state index in [1.54, 1.807) is 0 Å². The Balaban J connectivity index is 1.97. The highest BCUT2D eigenvalue weighted by atomic mass is 32.1. The minimum Gasteiger partial charge on any atom is -0.319 e. The highest BCUT2D eigenvalue weighted by Crippen LogP contribution is 2.40. The molecule has 29 heavy (non-hydrogen) atoms. The van der Waals surface area contributed by atoms with E-state index in [2.05, 4.69) is 95.0 Å². The second kappa shape index (κ2) is 8.50. The van der Waals surface area contributed by atoms with Gasteiger partial charge in [-0.3, -0.25) is 4.79 Å². The Morgan fingerprint density at radius 2 is 1.24 bits per heavy atom. The number of rotatable bonds is 7. The van der Waals surface area contributed by atoms with Crippen LogP contribution in [0.1, 0.15) is 28.8 Å². The molecule has 1 aromatic heterocycles. The topological polar surface area (TPSA) is 34.9 Å². The number of carbonyl (C=O) groups is 1. The third-order valence-corrected chi connectivity index (χ3v) is 5.42. The zero-order valence-corrected chi connectivity index (χ0v) is 16.9. The molecule has 0 saturated heterocycles. The third kappa shape index (κ3) is 3.76.